The van der Waals surface area contributed by atoms with Crippen molar-refractivity contribution in [2.75, 3.05) is 19.8 Å². The summed E-state index contributed by atoms with van der Waals surface area (Å²) >= 11 is 0. The SMILES string of the molecule is C=C(C)COCCNC(C)c1ccc2[nH]c(=O)[nH]c2c1. The molecular formula is C15H21N3O2. The predicted molar refractivity (Wildman–Crippen MR) is 81.0 cm³/mol. The van der Waals surface area contributed by atoms with E-state index in [0.29, 0.717) is 13.2 Å². The van der Waals surface area contributed by atoms with E-state index in [1.54, 1.807) is 0 Å². The first-order valence-electron chi connectivity index (χ1n) is 6.73. The smallest absolute Gasteiger partial charge is 0.323 e. The first-order valence-corrected chi connectivity index (χ1v) is 6.73. The van der Waals surface area contributed by atoms with Crippen molar-refractivity contribution in [3.8, 4) is 0 Å². The number of benzene rings is 1. The Morgan fingerprint density at radius 3 is 2.90 bits per heavy atom. The lowest BCUT2D eigenvalue weighted by Crippen LogP contribution is -2.23. The first kappa shape index (κ1) is 14.6. The van der Waals surface area contributed by atoms with Gasteiger partial charge in [-0.3, -0.25) is 0 Å². The van der Waals surface area contributed by atoms with Gasteiger partial charge in [-0.2, -0.15) is 0 Å². The molecule has 108 valence electrons. The van der Waals surface area contributed by atoms with E-state index in [1.165, 1.54) is 0 Å². The Morgan fingerprint density at radius 1 is 1.40 bits per heavy atom. The van der Waals surface area contributed by atoms with Crippen LogP contribution in [0.15, 0.2) is 35.1 Å². The van der Waals surface area contributed by atoms with Gasteiger partial charge in [0.2, 0.25) is 0 Å². The minimum absolute atomic E-state index is 0.175. The zero-order valence-corrected chi connectivity index (χ0v) is 12.0. The molecule has 0 radical (unpaired) electrons. The molecule has 1 aromatic heterocycles. The molecule has 5 nitrogen and oxygen atoms in total. The van der Waals surface area contributed by atoms with Crippen LogP contribution in [0.2, 0.25) is 0 Å². The Labute approximate surface area is 118 Å². The maximum absolute atomic E-state index is 11.2. The molecule has 2 aromatic rings. The molecule has 0 fully saturated rings. The van der Waals surface area contributed by atoms with Gasteiger partial charge in [0.1, 0.15) is 0 Å². The fourth-order valence-corrected chi connectivity index (χ4v) is 2.03. The number of rotatable bonds is 7. The second-order valence-electron chi connectivity index (χ2n) is 5.07. The van der Waals surface area contributed by atoms with Gasteiger partial charge < -0.3 is 20.0 Å². The highest BCUT2D eigenvalue weighted by molar-refractivity contribution is 5.75. The summed E-state index contributed by atoms with van der Waals surface area (Å²) in [4.78, 5) is 16.7. The molecular weight excluding hydrogens is 254 g/mol. The highest BCUT2D eigenvalue weighted by Crippen LogP contribution is 2.16. The Kier molecular flexibility index (Phi) is 4.76. The highest BCUT2D eigenvalue weighted by atomic mass is 16.5. The van der Waals surface area contributed by atoms with E-state index in [9.17, 15) is 4.79 Å². The summed E-state index contributed by atoms with van der Waals surface area (Å²) in [6, 6.07) is 6.11. The molecule has 0 aliphatic carbocycles. The van der Waals surface area contributed by atoms with Crippen molar-refractivity contribution < 1.29 is 4.74 Å². The fraction of sp³-hybridized carbons (Fsp3) is 0.400. The van der Waals surface area contributed by atoms with Crippen LogP contribution in [0.25, 0.3) is 11.0 Å². The van der Waals surface area contributed by atoms with Gasteiger partial charge >= 0.3 is 5.69 Å². The van der Waals surface area contributed by atoms with E-state index in [4.69, 9.17) is 4.74 Å². The molecule has 0 bridgehead atoms. The summed E-state index contributed by atoms with van der Waals surface area (Å²) < 4.78 is 5.44. The van der Waals surface area contributed by atoms with Crippen molar-refractivity contribution in [1.29, 1.82) is 0 Å². The molecule has 5 heteroatoms. The molecule has 3 N–H and O–H groups in total. The standard InChI is InChI=1S/C15H21N3O2/c1-10(2)9-20-7-6-16-11(3)12-4-5-13-14(8-12)18-15(19)17-13/h4-5,8,11,16H,1,6-7,9H2,2-3H3,(H2,17,18,19). The first-order chi connectivity index (χ1) is 9.56. The van der Waals surface area contributed by atoms with Crippen LogP contribution in [0.3, 0.4) is 0 Å². The topological polar surface area (TPSA) is 69.9 Å². The third-order valence-electron chi connectivity index (χ3n) is 3.09. The van der Waals surface area contributed by atoms with Gasteiger partial charge in [0.05, 0.1) is 24.2 Å². The summed E-state index contributed by atoms with van der Waals surface area (Å²) in [6.07, 6.45) is 0. The van der Waals surface area contributed by atoms with Crippen LogP contribution in [0.1, 0.15) is 25.5 Å². The third kappa shape index (κ3) is 3.82. The van der Waals surface area contributed by atoms with E-state index in [2.05, 4.69) is 28.8 Å². The number of nitrogens with one attached hydrogen (secondary N) is 3. The second kappa shape index (κ2) is 6.54. The number of H-pyrrole nitrogens is 2. The van der Waals surface area contributed by atoms with E-state index in [0.717, 1.165) is 28.7 Å². The van der Waals surface area contributed by atoms with Gasteiger partial charge in [-0.25, -0.2) is 4.79 Å². The number of aromatic amines is 2. The zero-order chi connectivity index (χ0) is 14.5. The van der Waals surface area contributed by atoms with Gasteiger partial charge in [-0.15, -0.1) is 0 Å². The van der Waals surface area contributed by atoms with Crippen LogP contribution in [0.4, 0.5) is 0 Å². The molecule has 0 aliphatic rings. The molecule has 0 spiro atoms. The highest BCUT2D eigenvalue weighted by Gasteiger charge is 2.06. The van der Waals surface area contributed by atoms with E-state index < -0.39 is 0 Å². The molecule has 0 aliphatic heterocycles. The maximum Gasteiger partial charge on any atom is 0.323 e. The van der Waals surface area contributed by atoms with Crippen molar-refractivity contribution >= 4 is 11.0 Å². The number of imidazole rings is 1. The van der Waals surface area contributed by atoms with E-state index in [-0.39, 0.29) is 11.7 Å². The lowest BCUT2D eigenvalue weighted by molar-refractivity contribution is 0.156. The number of fused-ring (bicyclic) bond motifs is 1. The van der Waals surface area contributed by atoms with Crippen molar-refractivity contribution in [3.63, 3.8) is 0 Å². The van der Waals surface area contributed by atoms with Gasteiger partial charge in [-0.05, 0) is 31.5 Å². The molecule has 2 rings (SSSR count). The normalized spacial score (nSPS) is 12.7. The van der Waals surface area contributed by atoms with Gasteiger partial charge in [0.25, 0.3) is 0 Å². The number of ether oxygens (including phenoxy) is 1. The molecule has 1 heterocycles. The van der Waals surface area contributed by atoms with Crippen molar-refractivity contribution in [1.82, 2.24) is 15.3 Å². The maximum atomic E-state index is 11.2. The molecule has 1 unspecified atom stereocenters. The fourth-order valence-electron chi connectivity index (χ4n) is 2.03. The molecule has 20 heavy (non-hydrogen) atoms. The average molecular weight is 275 g/mol. The Balaban J connectivity index is 1.88. The lowest BCUT2D eigenvalue weighted by atomic mass is 10.1. The van der Waals surface area contributed by atoms with Gasteiger partial charge in [-0.1, -0.05) is 18.2 Å². The molecule has 1 atom stereocenters. The third-order valence-corrected chi connectivity index (χ3v) is 3.09. The monoisotopic (exact) mass is 275 g/mol. The summed E-state index contributed by atoms with van der Waals surface area (Å²) in [7, 11) is 0. The summed E-state index contributed by atoms with van der Waals surface area (Å²) in [5.41, 5.74) is 3.65. The van der Waals surface area contributed by atoms with Gasteiger partial charge in [0.15, 0.2) is 0 Å². The zero-order valence-electron chi connectivity index (χ0n) is 12.0. The molecule has 0 amide bonds. The summed E-state index contributed by atoms with van der Waals surface area (Å²) in [5.74, 6) is 0. The quantitative estimate of drug-likeness (QED) is 0.535. The molecule has 0 saturated carbocycles. The van der Waals surface area contributed by atoms with E-state index >= 15 is 0 Å². The van der Waals surface area contributed by atoms with Crippen LogP contribution < -0.4 is 11.0 Å². The second-order valence-corrected chi connectivity index (χ2v) is 5.07. The largest absolute Gasteiger partial charge is 0.376 e. The number of aromatic nitrogens is 2. The Morgan fingerprint density at radius 2 is 2.15 bits per heavy atom. The van der Waals surface area contributed by atoms with Crippen LogP contribution in [-0.2, 0) is 4.74 Å². The Bertz CT molecular complexity index is 642. The van der Waals surface area contributed by atoms with Crippen molar-refractivity contribution in [3.05, 3.63) is 46.4 Å². The summed E-state index contributed by atoms with van der Waals surface area (Å²) in [5, 5.41) is 3.39. The van der Waals surface area contributed by atoms with Crippen molar-refractivity contribution in [2.45, 2.75) is 19.9 Å². The predicted octanol–water partition coefficient (Wildman–Crippen LogP) is 2.10. The number of hydrogen-bond acceptors (Lipinski definition) is 3. The van der Waals surface area contributed by atoms with Gasteiger partial charge in [0, 0.05) is 12.6 Å². The van der Waals surface area contributed by atoms with Crippen molar-refractivity contribution in [2.24, 2.45) is 0 Å². The van der Waals surface area contributed by atoms with Crippen LogP contribution in [-0.4, -0.2) is 29.7 Å². The summed E-state index contributed by atoms with van der Waals surface area (Å²) in [6.45, 7) is 9.86. The molecule has 0 saturated heterocycles. The van der Waals surface area contributed by atoms with E-state index in [1.807, 2.05) is 25.1 Å². The lowest BCUT2D eigenvalue weighted by Gasteiger charge is -2.14. The number of hydrogen-bond donors (Lipinski definition) is 3. The van der Waals surface area contributed by atoms with Crippen LogP contribution >= 0.6 is 0 Å². The minimum Gasteiger partial charge on any atom is -0.376 e. The van der Waals surface area contributed by atoms with Crippen LogP contribution in [0, 0.1) is 0 Å². The van der Waals surface area contributed by atoms with Crippen LogP contribution in [0.5, 0.6) is 0 Å². The minimum atomic E-state index is -0.175. The Hall–Kier alpha value is -1.85. The molecule has 1 aromatic carbocycles. The average Bonchev–Trinajstić information content (AvgIpc) is 2.76.